The number of benzene rings is 3. The highest BCUT2D eigenvalue weighted by molar-refractivity contribution is 7.22. The first-order chi connectivity index (χ1) is 18.3. The summed E-state index contributed by atoms with van der Waals surface area (Å²) in [6.45, 7) is 6.64. The van der Waals surface area contributed by atoms with Crippen LogP contribution in [0.1, 0.15) is 43.5 Å². The van der Waals surface area contributed by atoms with Crippen LogP contribution in [0.3, 0.4) is 0 Å². The van der Waals surface area contributed by atoms with Crippen molar-refractivity contribution in [1.82, 2.24) is 4.98 Å². The lowest BCUT2D eigenvalue weighted by Crippen LogP contribution is -2.29. The van der Waals surface area contributed by atoms with E-state index >= 15 is 0 Å². The third-order valence-corrected chi connectivity index (χ3v) is 7.42. The molecule has 1 unspecified atom stereocenters. The fraction of sp³-hybridized carbons (Fsp3) is 0.233. The van der Waals surface area contributed by atoms with E-state index in [1.807, 2.05) is 32.0 Å². The maximum Gasteiger partial charge on any atom is 0.301 e. The lowest BCUT2D eigenvalue weighted by Gasteiger charge is -2.23. The van der Waals surface area contributed by atoms with Gasteiger partial charge in [0.05, 0.1) is 28.4 Å². The minimum atomic E-state index is -0.929. The second-order valence-corrected chi connectivity index (χ2v) is 10.7. The first-order valence-corrected chi connectivity index (χ1v) is 13.3. The molecule has 1 atom stereocenters. The zero-order chi connectivity index (χ0) is 27.0. The summed E-state index contributed by atoms with van der Waals surface area (Å²) in [7, 11) is 0. The second kappa shape index (κ2) is 10.3. The Hall–Kier alpha value is -4.17. The molecule has 0 bridgehead atoms. The number of ketones is 1. The number of amides is 1. The normalized spacial score (nSPS) is 17.1. The first-order valence-electron chi connectivity index (χ1n) is 12.5. The summed E-state index contributed by atoms with van der Waals surface area (Å²) in [5.74, 6) is -0.958. The van der Waals surface area contributed by atoms with E-state index in [0.717, 1.165) is 22.2 Å². The minimum absolute atomic E-state index is 0.0461. The van der Waals surface area contributed by atoms with E-state index in [2.05, 4.69) is 11.9 Å². The Morgan fingerprint density at radius 1 is 1.08 bits per heavy atom. The number of carbonyl (C=O) groups is 2. The van der Waals surface area contributed by atoms with E-state index in [0.29, 0.717) is 34.5 Å². The molecule has 1 fully saturated rings. The summed E-state index contributed by atoms with van der Waals surface area (Å²) in [4.78, 5) is 32.9. The Bertz CT molecular complexity index is 1550. The van der Waals surface area contributed by atoms with Crippen molar-refractivity contribution in [3.63, 3.8) is 0 Å². The number of aliphatic hydroxyl groups excluding tert-OH is 1. The van der Waals surface area contributed by atoms with E-state index in [9.17, 15) is 19.8 Å². The molecule has 7 nitrogen and oxygen atoms in total. The smallest absolute Gasteiger partial charge is 0.301 e. The first kappa shape index (κ1) is 25.5. The molecule has 1 aliphatic rings. The number of Topliss-reactive ketones (excluding diaryl/α,β-unsaturated/α-hetero) is 1. The van der Waals surface area contributed by atoms with Gasteiger partial charge in [0.15, 0.2) is 5.13 Å². The molecule has 8 heteroatoms. The number of ether oxygens (including phenoxy) is 1. The molecule has 1 saturated heterocycles. The number of aryl methyl sites for hydroxylation is 1. The van der Waals surface area contributed by atoms with Crippen LogP contribution in [0.2, 0.25) is 0 Å². The Labute approximate surface area is 224 Å². The molecule has 1 aliphatic heterocycles. The number of hydrogen-bond donors (Lipinski definition) is 2. The maximum atomic E-state index is 13.5. The molecular formula is C30H28N2O5S. The van der Waals surface area contributed by atoms with Crippen LogP contribution in [0.5, 0.6) is 11.5 Å². The van der Waals surface area contributed by atoms with Crippen molar-refractivity contribution in [2.45, 2.75) is 33.2 Å². The van der Waals surface area contributed by atoms with Crippen molar-refractivity contribution >= 4 is 44.1 Å². The van der Waals surface area contributed by atoms with E-state index < -0.39 is 17.7 Å². The van der Waals surface area contributed by atoms with Gasteiger partial charge < -0.3 is 14.9 Å². The Balaban J connectivity index is 1.65. The molecule has 3 aromatic carbocycles. The molecular weight excluding hydrogens is 500 g/mol. The molecule has 0 radical (unpaired) electrons. The quantitative estimate of drug-likeness (QED) is 0.168. The molecule has 1 amide bonds. The maximum absolute atomic E-state index is 13.5. The van der Waals surface area contributed by atoms with Gasteiger partial charge in [-0.1, -0.05) is 62.4 Å². The number of rotatable bonds is 7. The van der Waals surface area contributed by atoms with Gasteiger partial charge in [-0.3, -0.25) is 14.5 Å². The summed E-state index contributed by atoms with van der Waals surface area (Å²) in [5, 5.41) is 21.7. The van der Waals surface area contributed by atoms with Crippen molar-refractivity contribution in [2.24, 2.45) is 5.92 Å². The summed E-state index contributed by atoms with van der Waals surface area (Å²) < 4.78 is 6.71. The third kappa shape index (κ3) is 4.75. The zero-order valence-electron chi connectivity index (χ0n) is 21.3. The van der Waals surface area contributed by atoms with Gasteiger partial charge in [-0.05, 0) is 59.9 Å². The lowest BCUT2D eigenvalue weighted by molar-refractivity contribution is -0.132. The molecule has 2 N–H and O–H groups in total. The molecule has 5 rings (SSSR count). The van der Waals surface area contributed by atoms with Gasteiger partial charge in [-0.15, -0.1) is 0 Å². The number of hydrogen-bond acceptors (Lipinski definition) is 7. The van der Waals surface area contributed by atoms with Crippen molar-refractivity contribution in [1.29, 1.82) is 0 Å². The number of fused-ring (bicyclic) bond motifs is 1. The predicted octanol–water partition coefficient (Wildman–Crippen LogP) is 6.23. The van der Waals surface area contributed by atoms with Crippen molar-refractivity contribution in [3.8, 4) is 11.5 Å². The van der Waals surface area contributed by atoms with E-state index in [4.69, 9.17) is 4.74 Å². The number of carbonyl (C=O) groups excluding carboxylic acids is 2. The highest BCUT2D eigenvalue weighted by Crippen LogP contribution is 2.44. The number of aliphatic hydroxyl groups is 1. The van der Waals surface area contributed by atoms with Gasteiger partial charge in [-0.25, -0.2) is 4.98 Å². The average molecular weight is 529 g/mol. The zero-order valence-corrected chi connectivity index (χ0v) is 22.2. The van der Waals surface area contributed by atoms with Gasteiger partial charge in [0.2, 0.25) is 0 Å². The average Bonchev–Trinajstić information content (AvgIpc) is 3.45. The van der Waals surface area contributed by atoms with Crippen molar-refractivity contribution < 1.29 is 24.5 Å². The van der Waals surface area contributed by atoms with Gasteiger partial charge >= 0.3 is 5.91 Å². The van der Waals surface area contributed by atoms with Gasteiger partial charge in [0, 0.05) is 5.56 Å². The summed E-state index contributed by atoms with van der Waals surface area (Å²) in [6.07, 6.45) is 0.862. The Morgan fingerprint density at radius 3 is 2.55 bits per heavy atom. The number of anilines is 1. The van der Waals surface area contributed by atoms with E-state index in [-0.39, 0.29) is 17.1 Å². The summed E-state index contributed by atoms with van der Waals surface area (Å²) in [6, 6.07) is 18.1. The molecule has 0 spiro atoms. The van der Waals surface area contributed by atoms with Crippen LogP contribution in [0, 0.1) is 5.92 Å². The lowest BCUT2D eigenvalue weighted by atomic mass is 9.95. The number of thiazole rings is 1. The number of nitrogens with zero attached hydrogens (tertiary/aromatic N) is 2. The molecule has 0 aliphatic carbocycles. The topological polar surface area (TPSA) is 100.0 Å². The van der Waals surface area contributed by atoms with Crippen LogP contribution in [0.15, 0.2) is 72.3 Å². The molecule has 1 aromatic heterocycles. The highest BCUT2D eigenvalue weighted by Gasteiger charge is 2.48. The second-order valence-electron chi connectivity index (χ2n) is 9.65. The molecule has 38 heavy (non-hydrogen) atoms. The monoisotopic (exact) mass is 528 g/mol. The van der Waals surface area contributed by atoms with Crippen LogP contribution in [-0.2, 0) is 16.0 Å². The third-order valence-electron chi connectivity index (χ3n) is 6.40. The molecule has 2 heterocycles. The van der Waals surface area contributed by atoms with Crippen LogP contribution < -0.4 is 9.64 Å². The Kier molecular flexibility index (Phi) is 6.91. The van der Waals surface area contributed by atoms with Crippen molar-refractivity contribution in [2.75, 3.05) is 11.5 Å². The van der Waals surface area contributed by atoms with Crippen LogP contribution in [0.4, 0.5) is 5.13 Å². The van der Waals surface area contributed by atoms with Crippen LogP contribution in [0.25, 0.3) is 16.0 Å². The number of aromatic nitrogens is 1. The molecule has 4 aromatic rings. The van der Waals surface area contributed by atoms with Gasteiger partial charge in [-0.2, -0.15) is 0 Å². The SMILES string of the molecule is CCc1ccc2nc(N3C(=O)C(=O)/C(=C(/O)c4cccc(OCC(C)C)c4)C3c3ccc(O)cc3)sc2c1. The van der Waals surface area contributed by atoms with E-state index in [1.54, 1.807) is 36.4 Å². The number of phenolic OH excluding ortho intramolecular Hbond substituents is 1. The van der Waals surface area contributed by atoms with Gasteiger partial charge in [0.25, 0.3) is 5.78 Å². The van der Waals surface area contributed by atoms with Gasteiger partial charge in [0.1, 0.15) is 17.3 Å². The summed E-state index contributed by atoms with van der Waals surface area (Å²) in [5.41, 5.74) is 2.75. The fourth-order valence-electron chi connectivity index (χ4n) is 4.43. The highest BCUT2D eigenvalue weighted by atomic mass is 32.1. The minimum Gasteiger partial charge on any atom is -0.508 e. The number of aromatic hydroxyl groups is 1. The van der Waals surface area contributed by atoms with Crippen LogP contribution in [-0.4, -0.2) is 33.5 Å². The predicted molar refractivity (Wildman–Crippen MR) is 149 cm³/mol. The Morgan fingerprint density at radius 2 is 1.84 bits per heavy atom. The summed E-state index contributed by atoms with van der Waals surface area (Å²) >= 11 is 1.32. The van der Waals surface area contributed by atoms with E-state index in [1.165, 1.54) is 28.4 Å². The fourth-order valence-corrected chi connectivity index (χ4v) is 5.49. The largest absolute Gasteiger partial charge is 0.508 e. The molecule has 0 saturated carbocycles. The number of phenols is 1. The van der Waals surface area contributed by atoms with Crippen molar-refractivity contribution in [3.05, 3.63) is 89.0 Å². The van der Waals surface area contributed by atoms with Crippen LogP contribution >= 0.6 is 11.3 Å². The standard InChI is InChI=1S/C30H28N2O5S/c1-4-18-8-13-23-24(14-18)38-30(31-23)32-26(19-9-11-21(33)12-10-19)25(28(35)29(32)36)27(34)20-6-5-7-22(15-20)37-16-17(2)3/h5-15,17,26,33-34H,4,16H2,1-3H3/b27-25+. The molecule has 194 valence electrons.